The second kappa shape index (κ2) is 13.0. The third-order valence-electron chi connectivity index (χ3n) is 4.77. The molecule has 8 heteroatoms. The van der Waals surface area contributed by atoms with Crippen molar-refractivity contribution in [2.75, 3.05) is 20.8 Å². The standard InChI is InChI=1S/C24H24Cl3NO3.ClH/c1-29-22-6-4-3-5-17(22)9-10-28-14-16-11-21(27)24(23(12-16)30-2)31-15-18-7-8-19(25)13-20(18)26;/h3-8,11-13,28H,9-10,14-15H2,1-2H3;1H. The lowest BCUT2D eigenvalue weighted by Gasteiger charge is -2.15. The molecular formula is C24H25Cl4NO3. The highest BCUT2D eigenvalue weighted by molar-refractivity contribution is 6.35. The lowest BCUT2D eigenvalue weighted by atomic mass is 10.1. The number of methoxy groups -OCH3 is 2. The Balaban J connectivity index is 0.00000363. The topological polar surface area (TPSA) is 39.7 Å². The summed E-state index contributed by atoms with van der Waals surface area (Å²) in [5.41, 5.74) is 2.97. The normalized spacial score (nSPS) is 10.4. The van der Waals surface area contributed by atoms with Crippen LogP contribution in [0.4, 0.5) is 0 Å². The summed E-state index contributed by atoms with van der Waals surface area (Å²) in [6, 6.07) is 17.1. The van der Waals surface area contributed by atoms with Crippen LogP contribution >= 0.6 is 47.2 Å². The molecule has 0 aliphatic rings. The number of para-hydroxylation sites is 1. The first kappa shape index (κ1) is 26.4. The first-order chi connectivity index (χ1) is 15.0. The van der Waals surface area contributed by atoms with Gasteiger partial charge in [-0.25, -0.2) is 0 Å². The van der Waals surface area contributed by atoms with Crippen molar-refractivity contribution in [3.8, 4) is 17.2 Å². The van der Waals surface area contributed by atoms with Gasteiger partial charge in [-0.3, -0.25) is 0 Å². The van der Waals surface area contributed by atoms with Gasteiger partial charge in [0.15, 0.2) is 11.5 Å². The van der Waals surface area contributed by atoms with E-state index in [1.807, 2.05) is 36.4 Å². The first-order valence-corrected chi connectivity index (χ1v) is 10.9. The zero-order valence-electron chi connectivity index (χ0n) is 17.8. The third kappa shape index (κ3) is 7.09. The van der Waals surface area contributed by atoms with Crippen molar-refractivity contribution in [1.82, 2.24) is 5.32 Å². The molecule has 1 N–H and O–H groups in total. The molecule has 0 unspecified atom stereocenters. The van der Waals surface area contributed by atoms with Crippen LogP contribution in [0.15, 0.2) is 54.6 Å². The zero-order chi connectivity index (χ0) is 22.2. The SMILES string of the molecule is COc1ccccc1CCNCc1cc(Cl)c(OCc2ccc(Cl)cc2Cl)c(OC)c1.Cl. The highest BCUT2D eigenvalue weighted by Crippen LogP contribution is 2.37. The van der Waals surface area contributed by atoms with Crippen LogP contribution < -0.4 is 19.5 Å². The Bertz CT molecular complexity index is 1030. The Kier molecular flexibility index (Phi) is 10.8. The van der Waals surface area contributed by atoms with Crippen molar-refractivity contribution in [2.24, 2.45) is 0 Å². The van der Waals surface area contributed by atoms with Gasteiger partial charge in [0.1, 0.15) is 12.4 Å². The van der Waals surface area contributed by atoms with Crippen molar-refractivity contribution in [2.45, 2.75) is 19.6 Å². The van der Waals surface area contributed by atoms with Gasteiger partial charge in [-0.05, 0) is 54.4 Å². The molecule has 3 rings (SSSR count). The van der Waals surface area contributed by atoms with Crippen LogP contribution in [-0.4, -0.2) is 20.8 Å². The van der Waals surface area contributed by atoms with Gasteiger partial charge < -0.3 is 19.5 Å². The van der Waals surface area contributed by atoms with Gasteiger partial charge in [-0.15, -0.1) is 12.4 Å². The summed E-state index contributed by atoms with van der Waals surface area (Å²) < 4.78 is 16.8. The molecule has 3 aromatic carbocycles. The second-order valence-electron chi connectivity index (χ2n) is 6.87. The van der Waals surface area contributed by atoms with Crippen molar-refractivity contribution in [3.05, 3.63) is 86.4 Å². The number of nitrogens with one attached hydrogen (secondary N) is 1. The van der Waals surface area contributed by atoms with Crippen molar-refractivity contribution in [1.29, 1.82) is 0 Å². The van der Waals surface area contributed by atoms with E-state index in [2.05, 4.69) is 11.4 Å². The fourth-order valence-corrected chi connectivity index (χ4v) is 3.92. The van der Waals surface area contributed by atoms with Gasteiger partial charge in [-0.1, -0.05) is 59.1 Å². The molecule has 0 radical (unpaired) electrons. The molecule has 0 bridgehead atoms. The molecule has 0 saturated heterocycles. The number of ether oxygens (including phenoxy) is 3. The van der Waals surface area contributed by atoms with E-state index < -0.39 is 0 Å². The zero-order valence-corrected chi connectivity index (χ0v) is 20.9. The fraction of sp³-hybridized carbons (Fsp3) is 0.250. The predicted molar refractivity (Wildman–Crippen MR) is 134 cm³/mol. The van der Waals surface area contributed by atoms with E-state index in [4.69, 9.17) is 49.0 Å². The van der Waals surface area contributed by atoms with Gasteiger partial charge in [0, 0.05) is 22.2 Å². The summed E-state index contributed by atoms with van der Waals surface area (Å²) in [4.78, 5) is 0. The van der Waals surface area contributed by atoms with E-state index in [1.165, 1.54) is 0 Å². The predicted octanol–water partition coefficient (Wildman–Crippen LogP) is 7.00. The van der Waals surface area contributed by atoms with Gasteiger partial charge in [0.25, 0.3) is 0 Å². The average Bonchev–Trinajstić information content (AvgIpc) is 2.77. The lowest BCUT2D eigenvalue weighted by molar-refractivity contribution is 0.284. The fourth-order valence-electron chi connectivity index (χ4n) is 3.17. The van der Waals surface area contributed by atoms with E-state index in [9.17, 15) is 0 Å². The van der Waals surface area contributed by atoms with Crippen molar-refractivity contribution in [3.63, 3.8) is 0 Å². The minimum atomic E-state index is 0. The largest absolute Gasteiger partial charge is 0.496 e. The molecule has 0 spiro atoms. The molecule has 0 fully saturated rings. The molecule has 0 amide bonds. The van der Waals surface area contributed by atoms with Crippen LogP contribution in [-0.2, 0) is 19.6 Å². The highest BCUT2D eigenvalue weighted by Gasteiger charge is 2.13. The smallest absolute Gasteiger partial charge is 0.180 e. The number of hydrogen-bond donors (Lipinski definition) is 1. The van der Waals surface area contributed by atoms with Crippen molar-refractivity contribution >= 4 is 47.2 Å². The maximum Gasteiger partial charge on any atom is 0.180 e. The second-order valence-corrected chi connectivity index (χ2v) is 8.12. The van der Waals surface area contributed by atoms with Crippen LogP contribution in [0.3, 0.4) is 0 Å². The van der Waals surface area contributed by atoms with Crippen LogP contribution in [0.25, 0.3) is 0 Å². The summed E-state index contributed by atoms with van der Waals surface area (Å²) in [5, 5.41) is 5.02. The van der Waals surface area contributed by atoms with Gasteiger partial charge in [0.05, 0.1) is 19.2 Å². The Morgan fingerprint density at radius 1 is 0.812 bits per heavy atom. The van der Waals surface area contributed by atoms with E-state index in [-0.39, 0.29) is 19.0 Å². The molecule has 32 heavy (non-hydrogen) atoms. The van der Waals surface area contributed by atoms with Crippen LogP contribution in [0.1, 0.15) is 16.7 Å². The molecule has 0 heterocycles. The molecule has 0 aliphatic heterocycles. The average molecular weight is 517 g/mol. The maximum absolute atomic E-state index is 6.49. The Morgan fingerprint density at radius 3 is 2.28 bits per heavy atom. The monoisotopic (exact) mass is 515 g/mol. The van der Waals surface area contributed by atoms with Crippen LogP contribution in [0, 0.1) is 0 Å². The maximum atomic E-state index is 6.49. The van der Waals surface area contributed by atoms with Crippen LogP contribution in [0.2, 0.25) is 15.1 Å². The highest BCUT2D eigenvalue weighted by atomic mass is 35.5. The van der Waals surface area contributed by atoms with Gasteiger partial charge >= 0.3 is 0 Å². The molecule has 0 atom stereocenters. The van der Waals surface area contributed by atoms with E-state index >= 15 is 0 Å². The lowest BCUT2D eigenvalue weighted by Crippen LogP contribution is -2.17. The van der Waals surface area contributed by atoms with Crippen molar-refractivity contribution < 1.29 is 14.2 Å². The first-order valence-electron chi connectivity index (χ1n) is 9.77. The summed E-state index contributed by atoms with van der Waals surface area (Å²) in [6.45, 7) is 1.70. The molecule has 4 nitrogen and oxygen atoms in total. The molecular weight excluding hydrogens is 492 g/mol. The number of hydrogen-bond acceptors (Lipinski definition) is 4. The number of benzene rings is 3. The van der Waals surface area contributed by atoms with Crippen LogP contribution in [0.5, 0.6) is 17.2 Å². The summed E-state index contributed by atoms with van der Waals surface area (Å²) in [6.07, 6.45) is 0.859. The Labute approximate surface area is 210 Å². The quantitative estimate of drug-likeness (QED) is 0.294. The van der Waals surface area contributed by atoms with Gasteiger partial charge in [0.2, 0.25) is 0 Å². The minimum Gasteiger partial charge on any atom is -0.496 e. The van der Waals surface area contributed by atoms with Gasteiger partial charge in [-0.2, -0.15) is 0 Å². The third-order valence-corrected chi connectivity index (χ3v) is 5.64. The minimum absolute atomic E-state index is 0. The number of halogens is 4. The summed E-state index contributed by atoms with van der Waals surface area (Å²) >= 11 is 18.7. The Morgan fingerprint density at radius 2 is 1.56 bits per heavy atom. The molecule has 172 valence electrons. The van der Waals surface area contributed by atoms with E-state index in [0.29, 0.717) is 33.1 Å². The summed E-state index contributed by atoms with van der Waals surface area (Å²) in [7, 11) is 3.28. The summed E-state index contributed by atoms with van der Waals surface area (Å²) in [5.74, 6) is 1.95. The molecule has 0 aromatic heterocycles. The number of rotatable bonds is 10. The van der Waals surface area contributed by atoms with E-state index in [1.54, 1.807) is 26.4 Å². The Hall–Kier alpha value is -1.82. The molecule has 3 aromatic rings. The molecule has 0 aliphatic carbocycles. The van der Waals surface area contributed by atoms with E-state index in [0.717, 1.165) is 35.4 Å². The molecule has 0 saturated carbocycles.